The molecule has 0 saturated carbocycles. The Bertz CT molecular complexity index is 1430. The Morgan fingerprint density at radius 3 is 3.03 bits per heavy atom. The van der Waals surface area contributed by atoms with Crippen LogP contribution in [0, 0.1) is 18.8 Å². The zero-order valence-electron chi connectivity index (χ0n) is 19.7. The van der Waals surface area contributed by atoms with Crippen molar-refractivity contribution in [1.82, 2.24) is 24.8 Å². The number of aryl methyl sites for hydroxylation is 1. The Morgan fingerprint density at radius 1 is 1.33 bits per heavy atom. The van der Waals surface area contributed by atoms with Gasteiger partial charge in [-0.15, -0.1) is 0 Å². The molecule has 36 heavy (non-hydrogen) atoms. The lowest BCUT2D eigenvalue weighted by atomic mass is 10.1. The van der Waals surface area contributed by atoms with Crippen molar-refractivity contribution in [2.75, 3.05) is 19.9 Å². The van der Waals surface area contributed by atoms with Crippen LogP contribution < -0.4 is 5.32 Å². The average molecular weight is 490 g/mol. The van der Waals surface area contributed by atoms with Gasteiger partial charge in [0, 0.05) is 34.6 Å². The van der Waals surface area contributed by atoms with Crippen LogP contribution in [0.1, 0.15) is 44.9 Å². The number of carbonyl (C=O) groups is 1. The van der Waals surface area contributed by atoms with E-state index in [1.54, 1.807) is 30.0 Å². The Hall–Kier alpha value is -4.03. The van der Waals surface area contributed by atoms with Crippen LogP contribution in [0.15, 0.2) is 48.8 Å². The molecule has 3 aromatic heterocycles. The zero-order chi connectivity index (χ0) is 25.1. The van der Waals surface area contributed by atoms with Crippen LogP contribution in [0.2, 0.25) is 0 Å². The number of benzene rings is 1. The number of alkyl halides is 2. The number of halogens is 2. The minimum Gasteiger partial charge on any atom is -0.366 e. The number of hydrogen-bond acceptors (Lipinski definition) is 4. The number of H-pyrrole nitrogens is 1. The first-order valence-corrected chi connectivity index (χ1v) is 11.7. The van der Waals surface area contributed by atoms with Crippen molar-refractivity contribution in [3.05, 3.63) is 82.8 Å². The minimum absolute atomic E-state index is 0.00620. The Labute approximate surface area is 206 Å². The number of pyridine rings is 1. The number of aromatic amines is 1. The molecule has 1 aliphatic rings. The van der Waals surface area contributed by atoms with Crippen LogP contribution in [0.5, 0.6) is 0 Å². The van der Waals surface area contributed by atoms with Crippen LogP contribution >= 0.6 is 0 Å². The molecule has 184 valence electrons. The van der Waals surface area contributed by atoms with E-state index in [2.05, 4.69) is 32.1 Å². The van der Waals surface area contributed by atoms with Crippen LogP contribution in [-0.2, 0) is 17.7 Å². The number of fused-ring (bicyclic) bond motifs is 2. The number of carbonyl (C=O) groups excluding carboxylic acids is 1. The number of hydrogen-bond donors (Lipinski definition) is 2. The third-order valence-electron chi connectivity index (χ3n) is 6.01. The van der Waals surface area contributed by atoms with Gasteiger partial charge < -0.3 is 19.6 Å². The van der Waals surface area contributed by atoms with Crippen molar-refractivity contribution in [2.45, 2.75) is 32.1 Å². The van der Waals surface area contributed by atoms with Crippen LogP contribution in [0.3, 0.4) is 0 Å². The Balaban J connectivity index is 1.46. The van der Waals surface area contributed by atoms with E-state index >= 15 is 0 Å². The molecule has 4 aromatic rings. The summed E-state index contributed by atoms with van der Waals surface area (Å²) in [5, 5.41) is 4.04. The number of aromatic nitrogens is 4. The Morgan fingerprint density at radius 2 is 2.19 bits per heavy atom. The molecule has 0 saturated heterocycles. The predicted octanol–water partition coefficient (Wildman–Crippen LogP) is 3.82. The molecule has 4 heterocycles. The van der Waals surface area contributed by atoms with Gasteiger partial charge >= 0.3 is 0 Å². The first-order chi connectivity index (χ1) is 17.5. The summed E-state index contributed by atoms with van der Waals surface area (Å²) in [6.07, 6.45) is 0.888. The number of para-hydroxylation sites is 1. The number of nitrogens with zero attached hydrogens (tertiary/aromatic N) is 3. The highest BCUT2D eigenvalue weighted by Crippen LogP contribution is 2.30. The molecule has 0 radical (unpaired) electrons. The quantitative estimate of drug-likeness (QED) is 0.305. The summed E-state index contributed by atoms with van der Waals surface area (Å²) < 4.78 is 33.2. The van der Waals surface area contributed by atoms with Gasteiger partial charge in [0.1, 0.15) is 31.2 Å². The molecule has 7 nitrogen and oxygen atoms in total. The lowest BCUT2D eigenvalue weighted by Gasteiger charge is -2.17. The zero-order valence-corrected chi connectivity index (χ0v) is 19.7. The van der Waals surface area contributed by atoms with E-state index in [1.165, 1.54) is 0 Å². The van der Waals surface area contributed by atoms with Crippen LogP contribution in [0.4, 0.5) is 8.78 Å². The fourth-order valence-electron chi connectivity index (χ4n) is 4.45. The summed E-state index contributed by atoms with van der Waals surface area (Å²) in [7, 11) is 0. The van der Waals surface area contributed by atoms with E-state index in [4.69, 9.17) is 4.74 Å². The molecular weight excluding hydrogens is 464 g/mol. The summed E-state index contributed by atoms with van der Waals surface area (Å²) in [6, 6.07) is 12.5. The smallest absolute Gasteiger partial charge is 0.270 e. The molecular formula is C27H25F2N5O2. The van der Waals surface area contributed by atoms with Crippen molar-refractivity contribution in [2.24, 2.45) is 0 Å². The maximum Gasteiger partial charge on any atom is 0.270 e. The normalized spacial score (nSPS) is 15.4. The molecule has 9 heteroatoms. The maximum absolute atomic E-state index is 14.2. The summed E-state index contributed by atoms with van der Waals surface area (Å²) >= 11 is 0. The van der Waals surface area contributed by atoms with Crippen molar-refractivity contribution in [3.63, 3.8) is 0 Å². The molecule has 0 spiro atoms. The van der Waals surface area contributed by atoms with E-state index in [-0.39, 0.29) is 31.9 Å². The standard InChI is InChI=1S/C27H25F2N5O2/c1-17-11-18(5-4-9-36-10-8-28)12-23(31-17)27(35)33-25(22-13-19-6-2-3-7-21(19)32-22)26-24-14-20(29)15-34(24)16-30-26/h2-3,6-7,11-13,16,20,25,32H,8-10,14-15H2,1H3,(H,33,35)/t20-,25?/m1/s1. The van der Waals surface area contributed by atoms with Crippen LogP contribution in [-0.4, -0.2) is 51.5 Å². The largest absolute Gasteiger partial charge is 0.366 e. The van der Waals surface area contributed by atoms with Gasteiger partial charge in [0.25, 0.3) is 5.91 Å². The first-order valence-electron chi connectivity index (χ1n) is 11.7. The summed E-state index contributed by atoms with van der Waals surface area (Å²) in [5.74, 6) is 5.34. The molecule has 2 atom stereocenters. The second-order valence-electron chi connectivity index (χ2n) is 8.67. The Kier molecular flexibility index (Phi) is 6.78. The molecule has 0 aliphatic carbocycles. The van der Waals surface area contributed by atoms with Crippen molar-refractivity contribution >= 4 is 16.8 Å². The van der Waals surface area contributed by atoms with Gasteiger partial charge in [-0.3, -0.25) is 4.79 Å². The van der Waals surface area contributed by atoms with Gasteiger partial charge in [0.2, 0.25) is 0 Å². The molecule has 1 aliphatic heterocycles. The van der Waals surface area contributed by atoms with E-state index in [9.17, 15) is 13.6 Å². The van der Waals surface area contributed by atoms with E-state index in [0.29, 0.717) is 17.0 Å². The minimum atomic E-state index is -0.978. The number of nitrogens with one attached hydrogen (secondary N) is 2. The van der Waals surface area contributed by atoms with Crippen molar-refractivity contribution in [1.29, 1.82) is 0 Å². The number of amides is 1. The van der Waals surface area contributed by atoms with E-state index in [0.717, 1.165) is 22.3 Å². The SMILES string of the molecule is Cc1cc(C#CCOCCF)cc(C(=O)NC(c2cc3ccccc3[nH]2)c2ncn3c2C[C@@H](F)C3)n1. The van der Waals surface area contributed by atoms with Crippen molar-refractivity contribution in [3.8, 4) is 11.8 Å². The molecule has 1 unspecified atom stereocenters. The van der Waals surface area contributed by atoms with E-state index < -0.39 is 24.8 Å². The van der Waals surface area contributed by atoms with Gasteiger partial charge in [0.15, 0.2) is 0 Å². The predicted molar refractivity (Wildman–Crippen MR) is 131 cm³/mol. The number of imidazole rings is 1. The first kappa shape index (κ1) is 23.7. The maximum atomic E-state index is 14.2. The fraction of sp³-hybridized carbons (Fsp3) is 0.296. The van der Waals surface area contributed by atoms with Gasteiger partial charge in [-0.25, -0.2) is 18.7 Å². The van der Waals surface area contributed by atoms with Gasteiger partial charge in [-0.05, 0) is 36.6 Å². The lowest BCUT2D eigenvalue weighted by Crippen LogP contribution is -2.31. The van der Waals surface area contributed by atoms with Gasteiger partial charge in [0.05, 0.1) is 25.2 Å². The second kappa shape index (κ2) is 10.3. The monoisotopic (exact) mass is 489 g/mol. The molecule has 0 bridgehead atoms. The molecule has 2 N–H and O–H groups in total. The summed E-state index contributed by atoms with van der Waals surface area (Å²) in [6.45, 7) is 1.56. The average Bonchev–Trinajstić information content (AvgIpc) is 3.55. The third kappa shape index (κ3) is 4.99. The van der Waals surface area contributed by atoms with Gasteiger partial charge in [-0.1, -0.05) is 30.0 Å². The van der Waals surface area contributed by atoms with Gasteiger partial charge in [-0.2, -0.15) is 0 Å². The highest BCUT2D eigenvalue weighted by molar-refractivity contribution is 5.93. The molecule has 1 aromatic carbocycles. The number of ether oxygens (including phenoxy) is 1. The lowest BCUT2D eigenvalue weighted by molar-refractivity contribution is 0.0936. The van der Waals surface area contributed by atoms with E-state index in [1.807, 2.05) is 30.3 Å². The number of rotatable bonds is 7. The molecule has 1 amide bonds. The van der Waals surface area contributed by atoms with Crippen LogP contribution in [0.25, 0.3) is 10.9 Å². The van der Waals surface area contributed by atoms with Crippen molar-refractivity contribution < 1.29 is 18.3 Å². The second-order valence-corrected chi connectivity index (χ2v) is 8.67. The summed E-state index contributed by atoms with van der Waals surface area (Å²) in [4.78, 5) is 25.7. The highest BCUT2D eigenvalue weighted by Gasteiger charge is 2.31. The molecule has 0 fully saturated rings. The fourth-order valence-corrected chi connectivity index (χ4v) is 4.45. The highest BCUT2D eigenvalue weighted by atomic mass is 19.1. The summed E-state index contributed by atoms with van der Waals surface area (Å²) in [5.41, 5.74) is 4.46. The topological polar surface area (TPSA) is 84.8 Å². The third-order valence-corrected chi connectivity index (χ3v) is 6.01. The molecule has 5 rings (SSSR count).